The molecule has 0 aliphatic rings. The Labute approximate surface area is 116 Å². The van der Waals surface area contributed by atoms with E-state index in [1.165, 1.54) is 16.7 Å². The lowest BCUT2D eigenvalue weighted by molar-refractivity contribution is -0.137. The molecule has 0 spiro atoms. The highest BCUT2D eigenvalue weighted by Crippen LogP contribution is 2.29. The predicted octanol–water partition coefficient (Wildman–Crippen LogP) is 2.01. The predicted molar refractivity (Wildman–Crippen MR) is 66.0 cm³/mol. The molecule has 0 amide bonds. The maximum absolute atomic E-state index is 12.4. The van der Waals surface area contributed by atoms with Crippen LogP contribution in [0, 0.1) is 0 Å². The van der Waals surface area contributed by atoms with Crippen LogP contribution in [-0.4, -0.2) is 20.6 Å². The number of carboxylic acids is 1. The van der Waals surface area contributed by atoms with Crippen LogP contribution in [0.25, 0.3) is 0 Å². The van der Waals surface area contributed by atoms with Crippen molar-refractivity contribution in [3.8, 4) is 0 Å². The third-order valence-corrected chi connectivity index (χ3v) is 2.73. The van der Waals surface area contributed by atoms with Gasteiger partial charge in [0.05, 0.1) is 11.9 Å². The van der Waals surface area contributed by atoms with Gasteiger partial charge in [0, 0.05) is 12.7 Å². The van der Waals surface area contributed by atoms with Gasteiger partial charge in [0.25, 0.3) is 5.56 Å². The maximum atomic E-state index is 12.4. The summed E-state index contributed by atoms with van der Waals surface area (Å²) in [4.78, 5) is 25.4. The van der Waals surface area contributed by atoms with Crippen LogP contribution in [-0.2, 0) is 12.7 Å². The van der Waals surface area contributed by atoms with E-state index in [0.717, 1.165) is 24.7 Å². The number of alkyl halides is 3. The molecule has 1 aromatic carbocycles. The number of aromatic nitrogens is 2. The molecule has 0 bridgehead atoms. The molecule has 0 radical (unpaired) electrons. The molecule has 0 fully saturated rings. The van der Waals surface area contributed by atoms with E-state index in [1.807, 2.05) is 0 Å². The van der Waals surface area contributed by atoms with E-state index in [2.05, 4.69) is 4.98 Å². The second-order valence-electron chi connectivity index (χ2n) is 4.26. The highest BCUT2D eigenvalue weighted by Gasteiger charge is 2.29. The fourth-order valence-electron chi connectivity index (χ4n) is 1.69. The zero-order valence-corrected chi connectivity index (χ0v) is 10.5. The summed E-state index contributed by atoms with van der Waals surface area (Å²) in [6.07, 6.45) is -2.18. The number of carboxylic acid groups (broad SMARTS) is 1. The summed E-state index contributed by atoms with van der Waals surface area (Å²) in [7, 11) is 0. The second-order valence-corrected chi connectivity index (χ2v) is 4.26. The molecular weight excluding hydrogens is 289 g/mol. The normalized spacial score (nSPS) is 11.4. The van der Waals surface area contributed by atoms with Gasteiger partial charge >= 0.3 is 12.1 Å². The van der Waals surface area contributed by atoms with Crippen molar-refractivity contribution in [3.63, 3.8) is 0 Å². The lowest BCUT2D eigenvalue weighted by atomic mass is 10.1. The van der Waals surface area contributed by atoms with Crippen LogP contribution in [0.2, 0.25) is 0 Å². The first-order chi connectivity index (χ1) is 9.77. The first kappa shape index (κ1) is 14.8. The molecule has 2 aromatic rings. The monoisotopic (exact) mass is 298 g/mol. The van der Waals surface area contributed by atoms with Gasteiger partial charge in [-0.25, -0.2) is 4.79 Å². The van der Waals surface area contributed by atoms with E-state index >= 15 is 0 Å². The molecule has 0 saturated carbocycles. The van der Waals surface area contributed by atoms with Crippen molar-refractivity contribution < 1.29 is 23.1 Å². The SMILES string of the molecule is O=C(O)c1cn(Cc2ccc(C(F)(F)F)cc2)cnc1=O. The van der Waals surface area contributed by atoms with E-state index in [4.69, 9.17) is 5.11 Å². The highest BCUT2D eigenvalue weighted by molar-refractivity contribution is 5.86. The molecule has 0 aliphatic heterocycles. The van der Waals surface area contributed by atoms with Crippen molar-refractivity contribution in [2.45, 2.75) is 12.7 Å². The molecule has 1 aromatic heterocycles. The molecule has 110 valence electrons. The number of carbonyl (C=O) groups is 1. The Morgan fingerprint density at radius 2 is 1.86 bits per heavy atom. The molecule has 5 nitrogen and oxygen atoms in total. The van der Waals surface area contributed by atoms with Crippen LogP contribution in [0.3, 0.4) is 0 Å². The van der Waals surface area contributed by atoms with Gasteiger partial charge in [-0.2, -0.15) is 18.2 Å². The van der Waals surface area contributed by atoms with E-state index in [0.29, 0.717) is 5.56 Å². The van der Waals surface area contributed by atoms with Crippen LogP contribution < -0.4 is 5.56 Å². The van der Waals surface area contributed by atoms with Gasteiger partial charge in [-0.05, 0) is 17.7 Å². The largest absolute Gasteiger partial charge is 0.477 e. The van der Waals surface area contributed by atoms with E-state index in [9.17, 15) is 22.8 Å². The number of rotatable bonds is 3. The zero-order chi connectivity index (χ0) is 15.6. The van der Waals surface area contributed by atoms with Gasteiger partial charge < -0.3 is 9.67 Å². The van der Waals surface area contributed by atoms with Gasteiger partial charge in [-0.3, -0.25) is 4.79 Å². The smallest absolute Gasteiger partial charge is 0.416 e. The Hall–Kier alpha value is -2.64. The van der Waals surface area contributed by atoms with Crippen LogP contribution in [0.5, 0.6) is 0 Å². The van der Waals surface area contributed by atoms with Crippen molar-refractivity contribution in [1.29, 1.82) is 0 Å². The van der Waals surface area contributed by atoms with E-state index in [-0.39, 0.29) is 6.54 Å². The van der Waals surface area contributed by atoms with Crippen LogP contribution in [0.1, 0.15) is 21.5 Å². The fourth-order valence-corrected chi connectivity index (χ4v) is 1.69. The average molecular weight is 298 g/mol. The molecule has 0 atom stereocenters. The molecule has 8 heteroatoms. The summed E-state index contributed by atoms with van der Waals surface area (Å²) in [6.45, 7) is 0.103. The summed E-state index contributed by atoms with van der Waals surface area (Å²) in [5, 5.41) is 8.80. The minimum Gasteiger partial charge on any atom is -0.477 e. The van der Waals surface area contributed by atoms with E-state index in [1.54, 1.807) is 0 Å². The summed E-state index contributed by atoms with van der Waals surface area (Å²) in [5.74, 6) is -1.41. The molecule has 0 unspecified atom stereocenters. The van der Waals surface area contributed by atoms with Crippen molar-refractivity contribution in [3.05, 3.63) is 63.8 Å². The first-order valence-electron chi connectivity index (χ1n) is 5.73. The molecule has 21 heavy (non-hydrogen) atoms. The number of hydrogen-bond acceptors (Lipinski definition) is 3. The number of halogens is 3. The Bertz CT molecular complexity index is 721. The number of hydrogen-bond donors (Lipinski definition) is 1. The third kappa shape index (κ3) is 3.47. The topological polar surface area (TPSA) is 72.2 Å². The minimum atomic E-state index is -4.41. The fraction of sp³-hybridized carbons (Fsp3) is 0.154. The number of nitrogens with zero attached hydrogens (tertiary/aromatic N) is 2. The molecule has 2 rings (SSSR count). The molecule has 1 heterocycles. The van der Waals surface area contributed by atoms with Crippen molar-refractivity contribution in [2.75, 3.05) is 0 Å². The van der Waals surface area contributed by atoms with Crippen molar-refractivity contribution in [1.82, 2.24) is 9.55 Å². The molecule has 0 aliphatic carbocycles. The minimum absolute atomic E-state index is 0.103. The Balaban J connectivity index is 2.25. The van der Waals surface area contributed by atoms with Gasteiger partial charge in [0.1, 0.15) is 5.56 Å². The quantitative estimate of drug-likeness (QED) is 0.941. The summed E-state index contributed by atoms with van der Waals surface area (Å²) in [5.41, 5.74) is -1.61. The summed E-state index contributed by atoms with van der Waals surface area (Å²) >= 11 is 0. The first-order valence-corrected chi connectivity index (χ1v) is 5.73. The Kier molecular flexibility index (Phi) is 3.79. The molecule has 1 N–H and O–H groups in total. The maximum Gasteiger partial charge on any atom is 0.416 e. The van der Waals surface area contributed by atoms with E-state index < -0.39 is 28.8 Å². The van der Waals surface area contributed by atoms with Gasteiger partial charge in [-0.15, -0.1) is 0 Å². The Morgan fingerprint density at radius 3 is 2.38 bits per heavy atom. The van der Waals surface area contributed by atoms with Gasteiger partial charge in [-0.1, -0.05) is 12.1 Å². The Morgan fingerprint density at radius 1 is 1.24 bits per heavy atom. The molecular formula is C13H9F3N2O3. The van der Waals surface area contributed by atoms with Crippen LogP contribution >= 0.6 is 0 Å². The summed E-state index contributed by atoms with van der Waals surface area (Å²) in [6, 6.07) is 4.43. The van der Waals surface area contributed by atoms with Crippen molar-refractivity contribution >= 4 is 5.97 Å². The lowest BCUT2D eigenvalue weighted by Gasteiger charge is -2.09. The average Bonchev–Trinajstić information content (AvgIpc) is 2.40. The standard InChI is InChI=1S/C13H9F3N2O3/c14-13(15,16)9-3-1-8(2-4-9)5-18-6-10(12(20)21)11(19)17-7-18/h1-4,6-7H,5H2,(H,20,21). The number of benzene rings is 1. The van der Waals surface area contributed by atoms with Gasteiger partial charge in [0.2, 0.25) is 0 Å². The lowest BCUT2D eigenvalue weighted by Crippen LogP contribution is -2.20. The van der Waals surface area contributed by atoms with Crippen LogP contribution in [0.15, 0.2) is 41.6 Å². The van der Waals surface area contributed by atoms with Crippen molar-refractivity contribution in [2.24, 2.45) is 0 Å². The molecule has 0 saturated heterocycles. The summed E-state index contributed by atoms with van der Waals surface area (Å²) < 4.78 is 38.6. The number of aromatic carboxylic acids is 1. The highest BCUT2D eigenvalue weighted by atomic mass is 19.4. The van der Waals surface area contributed by atoms with Gasteiger partial charge in [0.15, 0.2) is 0 Å². The second kappa shape index (κ2) is 5.39. The zero-order valence-electron chi connectivity index (χ0n) is 10.5. The van der Waals surface area contributed by atoms with Crippen LogP contribution in [0.4, 0.5) is 13.2 Å². The third-order valence-electron chi connectivity index (χ3n) is 2.73.